The van der Waals surface area contributed by atoms with Crippen LogP contribution in [0.25, 0.3) is 0 Å². The molecule has 0 amide bonds. The van der Waals surface area contributed by atoms with Gasteiger partial charge in [0.05, 0.1) is 13.2 Å². The molecule has 5 nitrogen and oxygen atoms in total. The topological polar surface area (TPSA) is 61.8 Å². The van der Waals surface area contributed by atoms with E-state index >= 15 is 0 Å². The van der Waals surface area contributed by atoms with Crippen molar-refractivity contribution in [1.82, 2.24) is 0 Å². The maximum Gasteiger partial charge on any atom is 0.306 e. The quantitative estimate of drug-likeness (QED) is 0.139. The third kappa shape index (κ3) is 14.7. The zero-order valence-corrected chi connectivity index (χ0v) is 21.2. The second-order valence-electron chi connectivity index (χ2n) is 7.91. The lowest BCUT2D eigenvalue weighted by molar-refractivity contribution is -0.142. The van der Waals surface area contributed by atoms with Gasteiger partial charge in [-0.15, -0.1) is 11.6 Å². The lowest BCUT2D eigenvalue weighted by Crippen LogP contribution is -2.09. The minimum absolute atomic E-state index is 0.139. The molecule has 0 spiro atoms. The number of alkyl halides is 1. The zero-order chi connectivity index (χ0) is 24.5. The Bertz CT molecular complexity index is 763. The lowest BCUT2D eigenvalue weighted by atomic mass is 10.1. The van der Waals surface area contributed by atoms with Crippen molar-refractivity contribution in [2.24, 2.45) is 5.92 Å². The highest BCUT2D eigenvalue weighted by Gasteiger charge is 2.23. The van der Waals surface area contributed by atoms with Gasteiger partial charge in [0, 0.05) is 30.2 Å². The molecule has 1 aromatic rings. The van der Waals surface area contributed by atoms with Crippen molar-refractivity contribution >= 4 is 35.1 Å². The molecule has 1 aliphatic rings. The van der Waals surface area contributed by atoms with Crippen molar-refractivity contribution in [3.05, 3.63) is 53.6 Å². The third-order valence-corrected chi connectivity index (χ3v) is 5.55. The van der Waals surface area contributed by atoms with Crippen molar-refractivity contribution in [2.45, 2.75) is 64.2 Å². The van der Waals surface area contributed by atoms with Crippen LogP contribution in [0.1, 0.15) is 57.9 Å². The Labute approximate surface area is 208 Å². The second kappa shape index (κ2) is 17.5. The fraction of sp³-hybridized carbons (Fsp3) is 0.538. The smallest absolute Gasteiger partial charge is 0.306 e. The molecule has 1 saturated carbocycles. The van der Waals surface area contributed by atoms with Crippen molar-refractivity contribution in [2.75, 3.05) is 19.8 Å². The average molecular weight is 499 g/mol. The van der Waals surface area contributed by atoms with Crippen LogP contribution in [0, 0.1) is 5.92 Å². The van der Waals surface area contributed by atoms with Crippen LogP contribution in [0.15, 0.2) is 43.0 Å². The molecule has 0 aliphatic heterocycles. The predicted octanol–water partition coefficient (Wildman–Crippen LogP) is 6.69. The monoisotopic (exact) mass is 498 g/mol. The Morgan fingerprint density at radius 2 is 2.00 bits per heavy atom. The highest BCUT2D eigenvalue weighted by molar-refractivity contribution is 6.30. The van der Waals surface area contributed by atoms with E-state index in [1.165, 1.54) is 6.92 Å². The van der Waals surface area contributed by atoms with Gasteiger partial charge < -0.3 is 14.2 Å². The van der Waals surface area contributed by atoms with Crippen molar-refractivity contribution < 1.29 is 23.8 Å². The van der Waals surface area contributed by atoms with Crippen LogP contribution in [0.5, 0.6) is 5.75 Å². The maximum atomic E-state index is 10.9. The lowest BCUT2D eigenvalue weighted by Gasteiger charge is -2.13. The van der Waals surface area contributed by atoms with Crippen LogP contribution < -0.4 is 4.74 Å². The van der Waals surface area contributed by atoms with Gasteiger partial charge in [-0.25, -0.2) is 0 Å². The van der Waals surface area contributed by atoms with Gasteiger partial charge in [-0.2, -0.15) is 0 Å². The van der Waals surface area contributed by atoms with Gasteiger partial charge in [-0.3, -0.25) is 9.59 Å². The number of halogens is 2. The third-order valence-electron chi connectivity index (χ3n) is 4.94. The summed E-state index contributed by atoms with van der Waals surface area (Å²) in [5.74, 6) is 0.874. The first-order chi connectivity index (χ1) is 15.8. The molecule has 1 aliphatic carbocycles. The highest BCUT2D eigenvalue weighted by Crippen LogP contribution is 2.30. The Balaban J connectivity index is 0.000000389. The summed E-state index contributed by atoms with van der Waals surface area (Å²) in [6.07, 6.45) is 11.7. The van der Waals surface area contributed by atoms with E-state index in [2.05, 4.69) is 6.58 Å². The van der Waals surface area contributed by atoms with Crippen LogP contribution in [-0.2, 0) is 25.5 Å². The van der Waals surface area contributed by atoms with Crippen molar-refractivity contribution in [3.63, 3.8) is 0 Å². The molecule has 0 saturated heterocycles. The summed E-state index contributed by atoms with van der Waals surface area (Å²) in [6, 6.07) is 5.62. The number of hydrogen-bond donors (Lipinski definition) is 0. The largest absolute Gasteiger partial charge is 0.493 e. The van der Waals surface area contributed by atoms with Gasteiger partial charge in [0.2, 0.25) is 0 Å². The van der Waals surface area contributed by atoms with Crippen LogP contribution in [0.3, 0.4) is 0 Å². The summed E-state index contributed by atoms with van der Waals surface area (Å²) in [4.78, 5) is 21.6. The number of hydrogen-bond acceptors (Lipinski definition) is 5. The first-order valence-corrected chi connectivity index (χ1v) is 12.2. The summed E-state index contributed by atoms with van der Waals surface area (Å²) in [6.45, 7) is 8.17. The first kappa shape index (κ1) is 29.1. The molecule has 0 N–H and O–H groups in total. The van der Waals surface area contributed by atoms with Gasteiger partial charge in [-0.05, 0) is 68.7 Å². The highest BCUT2D eigenvalue weighted by atomic mass is 35.5. The Morgan fingerprint density at radius 3 is 2.64 bits per heavy atom. The summed E-state index contributed by atoms with van der Waals surface area (Å²) >= 11 is 12.2. The molecule has 0 heterocycles. The molecule has 7 heteroatoms. The molecule has 2 unspecified atom stereocenters. The molecule has 33 heavy (non-hydrogen) atoms. The number of rotatable bonds is 12. The number of benzene rings is 1. The molecule has 184 valence electrons. The molecular formula is C26H36Cl2O5. The van der Waals surface area contributed by atoms with E-state index in [4.69, 9.17) is 37.4 Å². The fourth-order valence-electron chi connectivity index (χ4n) is 3.30. The molecule has 1 fully saturated rings. The van der Waals surface area contributed by atoms with Gasteiger partial charge in [0.25, 0.3) is 0 Å². The SMILES string of the molecule is C=CCOC(=O)CCC/C=C\C.CC(=O)OCCc1cc(Cl)cc(OCC2CCC(Cl)C2)c1. The number of carbonyl (C=O) groups excluding carboxylic acids is 2. The van der Waals surface area contributed by atoms with Gasteiger partial charge in [0.15, 0.2) is 0 Å². The van der Waals surface area contributed by atoms with Gasteiger partial charge in [0.1, 0.15) is 12.4 Å². The number of carbonyl (C=O) groups is 2. The Hall–Kier alpha value is -1.98. The Morgan fingerprint density at radius 1 is 1.21 bits per heavy atom. The number of esters is 2. The van der Waals surface area contributed by atoms with Gasteiger partial charge >= 0.3 is 11.9 Å². The molecule has 2 atom stereocenters. The van der Waals surface area contributed by atoms with E-state index in [1.807, 2.05) is 37.3 Å². The minimum atomic E-state index is -0.273. The van der Waals surface area contributed by atoms with Crippen LogP contribution in [0.4, 0.5) is 0 Å². The van der Waals surface area contributed by atoms with Crippen LogP contribution in [0.2, 0.25) is 5.02 Å². The van der Waals surface area contributed by atoms with E-state index in [0.29, 0.717) is 43.6 Å². The maximum absolute atomic E-state index is 10.9. The number of unbranched alkanes of at least 4 members (excludes halogenated alkanes) is 1. The van der Waals surface area contributed by atoms with Gasteiger partial charge in [-0.1, -0.05) is 36.4 Å². The van der Waals surface area contributed by atoms with Crippen LogP contribution >= 0.6 is 23.2 Å². The van der Waals surface area contributed by atoms with E-state index < -0.39 is 0 Å². The van der Waals surface area contributed by atoms with E-state index in [-0.39, 0.29) is 17.3 Å². The number of ether oxygens (including phenoxy) is 3. The van der Waals surface area contributed by atoms with Crippen LogP contribution in [-0.4, -0.2) is 37.1 Å². The normalized spacial score (nSPS) is 17.2. The second-order valence-corrected chi connectivity index (χ2v) is 8.96. The fourth-order valence-corrected chi connectivity index (χ4v) is 3.92. The van der Waals surface area contributed by atoms with E-state index in [9.17, 15) is 9.59 Å². The number of allylic oxidation sites excluding steroid dienone is 2. The molecular weight excluding hydrogens is 463 g/mol. The summed E-state index contributed by atoms with van der Waals surface area (Å²) in [5, 5.41) is 0.921. The van der Waals surface area contributed by atoms with Crippen molar-refractivity contribution in [3.8, 4) is 5.75 Å². The molecule has 0 bridgehead atoms. The zero-order valence-electron chi connectivity index (χ0n) is 19.7. The average Bonchev–Trinajstić information content (AvgIpc) is 3.19. The Kier molecular flexibility index (Phi) is 15.4. The summed E-state index contributed by atoms with van der Waals surface area (Å²) < 4.78 is 15.6. The molecule has 0 radical (unpaired) electrons. The summed E-state index contributed by atoms with van der Waals surface area (Å²) in [7, 11) is 0. The van der Waals surface area contributed by atoms with Crippen molar-refractivity contribution in [1.29, 1.82) is 0 Å². The minimum Gasteiger partial charge on any atom is -0.493 e. The summed E-state index contributed by atoms with van der Waals surface area (Å²) in [5.41, 5.74) is 1.00. The van der Waals surface area contributed by atoms with E-state index in [1.54, 1.807) is 6.08 Å². The van der Waals surface area contributed by atoms with E-state index in [0.717, 1.165) is 43.4 Å². The molecule has 2 rings (SSSR count). The predicted molar refractivity (Wildman–Crippen MR) is 134 cm³/mol. The first-order valence-electron chi connectivity index (χ1n) is 11.4. The molecule has 0 aromatic heterocycles. The standard InChI is InChI=1S/C16H20Cl2O3.C10H16O2/c1-11(19)20-5-4-12-6-15(18)9-16(8-12)21-10-13-2-3-14(17)7-13;1-3-5-6-7-8-10(11)12-9-4-2/h6,8-9,13-14H,2-5,7,10H2,1H3;3-5H,2,6-9H2,1H3/b;5-3-. The molecule has 1 aromatic carbocycles.